The molecule has 3 rings (SSSR count). The average molecular weight is 393 g/mol. The summed E-state index contributed by atoms with van der Waals surface area (Å²) in [4.78, 5) is 16.9. The molecular weight excluding hydrogens is 382 g/mol. The van der Waals surface area contributed by atoms with Crippen LogP contribution in [0.15, 0.2) is 50.8 Å². The van der Waals surface area contributed by atoms with Gasteiger partial charge < -0.3 is 5.11 Å². The zero-order valence-corrected chi connectivity index (χ0v) is 14.3. The van der Waals surface area contributed by atoms with E-state index in [-0.39, 0.29) is 11.3 Å². The molecular formula is C16H11BrClN3O2. The summed E-state index contributed by atoms with van der Waals surface area (Å²) in [5.41, 5.74) is 0.734. The molecule has 1 aromatic heterocycles. The van der Waals surface area contributed by atoms with Crippen molar-refractivity contribution in [1.29, 1.82) is 0 Å². The smallest absolute Gasteiger partial charge is 0.282 e. The molecule has 1 N–H and O–H groups in total. The van der Waals surface area contributed by atoms with Crippen molar-refractivity contribution >= 4 is 44.6 Å². The van der Waals surface area contributed by atoms with Gasteiger partial charge in [0.15, 0.2) is 0 Å². The monoisotopic (exact) mass is 391 g/mol. The summed E-state index contributed by atoms with van der Waals surface area (Å²) in [6, 6.07) is 9.89. The maximum atomic E-state index is 12.6. The fourth-order valence-corrected chi connectivity index (χ4v) is 2.69. The molecule has 0 radical (unpaired) electrons. The van der Waals surface area contributed by atoms with Gasteiger partial charge in [-0.05, 0) is 43.3 Å². The Labute approximate surface area is 145 Å². The highest BCUT2D eigenvalue weighted by Crippen LogP contribution is 2.20. The molecule has 7 heteroatoms. The Bertz CT molecular complexity index is 999. The molecule has 0 aliphatic carbocycles. The van der Waals surface area contributed by atoms with Gasteiger partial charge in [0.25, 0.3) is 5.56 Å². The molecule has 0 amide bonds. The van der Waals surface area contributed by atoms with E-state index in [9.17, 15) is 9.90 Å². The SMILES string of the molecule is Cc1nc2ccc(Br)cc2c(=O)n1N=Cc1cc(Cl)ccc1O. The van der Waals surface area contributed by atoms with Gasteiger partial charge in [0.05, 0.1) is 17.1 Å². The number of aromatic hydroxyl groups is 1. The number of aromatic nitrogens is 2. The average Bonchev–Trinajstić information content (AvgIpc) is 2.51. The first-order valence-corrected chi connectivity index (χ1v) is 7.84. The van der Waals surface area contributed by atoms with E-state index in [1.165, 1.54) is 17.0 Å². The number of hydrogen-bond acceptors (Lipinski definition) is 4. The Morgan fingerprint density at radius 3 is 2.87 bits per heavy atom. The van der Waals surface area contributed by atoms with E-state index in [2.05, 4.69) is 26.0 Å². The second kappa shape index (κ2) is 6.14. The minimum atomic E-state index is -0.286. The van der Waals surface area contributed by atoms with E-state index in [0.717, 1.165) is 4.47 Å². The summed E-state index contributed by atoms with van der Waals surface area (Å²) >= 11 is 9.24. The number of benzene rings is 2. The lowest BCUT2D eigenvalue weighted by Crippen LogP contribution is -2.20. The standard InChI is InChI=1S/C16H11BrClN3O2/c1-9-20-14-4-2-11(17)7-13(14)16(23)21(9)19-8-10-6-12(18)3-5-15(10)22/h2-8,22H,1H3. The minimum Gasteiger partial charge on any atom is -0.507 e. The maximum Gasteiger partial charge on any atom is 0.282 e. The molecule has 0 bridgehead atoms. The lowest BCUT2D eigenvalue weighted by atomic mass is 10.2. The topological polar surface area (TPSA) is 67.5 Å². The molecule has 0 spiro atoms. The highest BCUT2D eigenvalue weighted by Gasteiger charge is 2.08. The lowest BCUT2D eigenvalue weighted by molar-refractivity contribution is 0.474. The molecule has 0 saturated carbocycles. The summed E-state index contributed by atoms with van der Waals surface area (Å²) in [6.07, 6.45) is 1.38. The first-order chi connectivity index (χ1) is 11.0. The number of nitrogens with zero attached hydrogens (tertiary/aromatic N) is 3. The highest BCUT2D eigenvalue weighted by molar-refractivity contribution is 9.10. The van der Waals surface area contributed by atoms with Gasteiger partial charge in [-0.25, -0.2) is 4.98 Å². The summed E-state index contributed by atoms with van der Waals surface area (Å²) < 4.78 is 1.98. The van der Waals surface area contributed by atoms with E-state index in [1.807, 2.05) is 6.07 Å². The molecule has 116 valence electrons. The van der Waals surface area contributed by atoms with Gasteiger partial charge in [0.1, 0.15) is 11.6 Å². The predicted molar refractivity (Wildman–Crippen MR) is 94.5 cm³/mol. The summed E-state index contributed by atoms with van der Waals surface area (Å²) in [7, 11) is 0. The number of halogens is 2. The second-order valence-corrected chi connectivity index (χ2v) is 6.24. The lowest BCUT2D eigenvalue weighted by Gasteiger charge is -2.06. The van der Waals surface area contributed by atoms with Gasteiger partial charge in [-0.15, -0.1) is 0 Å². The van der Waals surface area contributed by atoms with Crippen molar-refractivity contribution < 1.29 is 5.11 Å². The van der Waals surface area contributed by atoms with Crippen molar-refractivity contribution in [3.8, 4) is 5.75 Å². The first-order valence-electron chi connectivity index (χ1n) is 6.67. The van der Waals surface area contributed by atoms with Crippen LogP contribution in [0.25, 0.3) is 10.9 Å². The number of phenolic OH excluding ortho intramolecular Hbond substituents is 1. The van der Waals surface area contributed by atoms with Crippen LogP contribution in [-0.2, 0) is 0 Å². The Hall–Kier alpha value is -2.18. The van der Waals surface area contributed by atoms with Gasteiger partial charge in [0.2, 0.25) is 0 Å². The molecule has 0 saturated heterocycles. The zero-order chi connectivity index (χ0) is 16.6. The molecule has 0 fully saturated rings. The molecule has 5 nitrogen and oxygen atoms in total. The Balaban J connectivity index is 2.14. The van der Waals surface area contributed by atoms with E-state index >= 15 is 0 Å². The fraction of sp³-hybridized carbons (Fsp3) is 0.0625. The minimum absolute atomic E-state index is 0.0281. The summed E-state index contributed by atoms with van der Waals surface area (Å²) in [5, 5.41) is 14.9. The third-order valence-corrected chi connectivity index (χ3v) is 4.00. The van der Waals surface area contributed by atoms with Gasteiger partial charge >= 0.3 is 0 Å². The van der Waals surface area contributed by atoms with Gasteiger partial charge in [-0.1, -0.05) is 27.5 Å². The van der Waals surface area contributed by atoms with Crippen molar-refractivity contribution in [2.45, 2.75) is 6.92 Å². The highest BCUT2D eigenvalue weighted by atomic mass is 79.9. The van der Waals surface area contributed by atoms with Crippen molar-refractivity contribution in [1.82, 2.24) is 9.66 Å². The van der Waals surface area contributed by atoms with Crippen LogP contribution in [0.2, 0.25) is 5.02 Å². The van der Waals surface area contributed by atoms with Crippen LogP contribution in [0.3, 0.4) is 0 Å². The number of rotatable bonds is 2. The van der Waals surface area contributed by atoms with Crippen molar-refractivity contribution in [2.75, 3.05) is 0 Å². The van der Waals surface area contributed by atoms with E-state index in [1.54, 1.807) is 31.2 Å². The number of hydrogen-bond donors (Lipinski definition) is 1. The molecule has 0 unspecified atom stereocenters. The number of aryl methyl sites for hydroxylation is 1. The molecule has 1 heterocycles. The van der Waals surface area contributed by atoms with Crippen molar-refractivity contribution in [2.24, 2.45) is 5.10 Å². The van der Waals surface area contributed by atoms with E-state index in [0.29, 0.717) is 27.3 Å². The van der Waals surface area contributed by atoms with Crippen molar-refractivity contribution in [3.05, 3.63) is 67.6 Å². The summed E-state index contributed by atoms with van der Waals surface area (Å²) in [5.74, 6) is 0.475. The van der Waals surface area contributed by atoms with E-state index in [4.69, 9.17) is 11.6 Å². The van der Waals surface area contributed by atoms with Crippen LogP contribution >= 0.6 is 27.5 Å². The van der Waals surface area contributed by atoms with Gasteiger partial charge in [-0.2, -0.15) is 9.78 Å². The quantitative estimate of drug-likeness (QED) is 0.676. The van der Waals surface area contributed by atoms with Crippen LogP contribution < -0.4 is 5.56 Å². The number of phenols is 1. The Kier molecular flexibility index (Phi) is 4.19. The van der Waals surface area contributed by atoms with Crippen LogP contribution in [0, 0.1) is 6.92 Å². The fourth-order valence-electron chi connectivity index (χ4n) is 2.14. The first kappa shape index (κ1) is 15.7. The molecule has 23 heavy (non-hydrogen) atoms. The maximum absolute atomic E-state index is 12.6. The van der Waals surface area contributed by atoms with Crippen LogP contribution in [0.5, 0.6) is 5.75 Å². The van der Waals surface area contributed by atoms with Crippen LogP contribution in [-0.4, -0.2) is 21.0 Å². The van der Waals surface area contributed by atoms with Gasteiger partial charge in [-0.3, -0.25) is 4.79 Å². The Morgan fingerprint density at radius 1 is 1.30 bits per heavy atom. The second-order valence-electron chi connectivity index (χ2n) is 4.89. The van der Waals surface area contributed by atoms with Gasteiger partial charge in [0, 0.05) is 15.1 Å². The third kappa shape index (κ3) is 3.13. The molecule has 0 aliphatic heterocycles. The molecule has 3 aromatic rings. The van der Waals surface area contributed by atoms with Crippen molar-refractivity contribution in [3.63, 3.8) is 0 Å². The molecule has 2 aromatic carbocycles. The zero-order valence-electron chi connectivity index (χ0n) is 12.0. The van der Waals surface area contributed by atoms with E-state index < -0.39 is 0 Å². The van der Waals surface area contributed by atoms with Crippen LogP contribution in [0.1, 0.15) is 11.4 Å². The molecule has 0 atom stereocenters. The predicted octanol–water partition coefficient (Wildman–Crippen LogP) is 3.71. The van der Waals surface area contributed by atoms with Crippen LogP contribution in [0.4, 0.5) is 0 Å². The normalized spacial score (nSPS) is 11.4. The number of fused-ring (bicyclic) bond motifs is 1. The Morgan fingerprint density at radius 2 is 2.09 bits per heavy atom. The largest absolute Gasteiger partial charge is 0.507 e. The molecule has 0 aliphatic rings. The third-order valence-electron chi connectivity index (χ3n) is 3.27. The summed E-state index contributed by atoms with van der Waals surface area (Å²) in [6.45, 7) is 1.69.